The zero-order chi connectivity index (χ0) is 14.4. The molecular weight excluding hydrogens is 293 g/mol. The molecule has 2 aromatic carbocycles. The quantitative estimate of drug-likeness (QED) is 0.814. The first-order valence-electron chi connectivity index (χ1n) is 6.03. The molecule has 0 fully saturated rings. The third-order valence-corrected chi connectivity index (χ3v) is 3.07. The molecule has 0 heterocycles. The van der Waals surface area contributed by atoms with Gasteiger partial charge in [0.15, 0.2) is 0 Å². The van der Waals surface area contributed by atoms with Gasteiger partial charge in [-0.05, 0) is 24.3 Å². The van der Waals surface area contributed by atoms with Gasteiger partial charge in [-0.3, -0.25) is 0 Å². The van der Waals surface area contributed by atoms with Gasteiger partial charge in [0.2, 0.25) is 0 Å². The van der Waals surface area contributed by atoms with E-state index in [1.165, 1.54) is 0 Å². The third-order valence-electron chi connectivity index (χ3n) is 2.63. The van der Waals surface area contributed by atoms with Crippen molar-refractivity contribution >= 4 is 28.9 Å². The summed E-state index contributed by atoms with van der Waals surface area (Å²) in [7, 11) is 0. The summed E-state index contributed by atoms with van der Waals surface area (Å²) in [6.45, 7) is 0.845. The van der Waals surface area contributed by atoms with Gasteiger partial charge in [-0.1, -0.05) is 47.3 Å². The van der Waals surface area contributed by atoms with E-state index in [1.807, 2.05) is 36.4 Å². The molecule has 0 bridgehead atoms. The molecule has 0 aromatic heterocycles. The van der Waals surface area contributed by atoms with E-state index < -0.39 is 0 Å². The lowest BCUT2D eigenvalue weighted by Crippen LogP contribution is -2.03. The second kappa shape index (κ2) is 7.09. The zero-order valence-corrected chi connectivity index (χ0v) is 12.2. The topological polar surface area (TPSA) is 21.3 Å². The maximum Gasteiger partial charge on any atom is 0.148 e. The van der Waals surface area contributed by atoms with Crippen molar-refractivity contribution in [1.82, 2.24) is 0 Å². The molecule has 0 radical (unpaired) electrons. The molecule has 2 nitrogen and oxygen atoms in total. The number of hydrogen-bond acceptors (Lipinski definition) is 2. The Bertz CT molecular complexity index is 614. The average molecular weight is 306 g/mol. The summed E-state index contributed by atoms with van der Waals surface area (Å²) in [5.74, 6) is 3.22. The minimum absolute atomic E-state index is 0.250. The molecule has 0 atom stereocenters. The van der Waals surface area contributed by atoms with Crippen molar-refractivity contribution in [2.75, 3.05) is 11.9 Å². The summed E-state index contributed by atoms with van der Waals surface area (Å²) in [4.78, 5) is 0. The number of rotatable bonds is 5. The maximum atomic E-state index is 5.96. The maximum absolute atomic E-state index is 5.96. The zero-order valence-electron chi connectivity index (χ0n) is 10.7. The van der Waals surface area contributed by atoms with E-state index in [4.69, 9.17) is 34.4 Å². The highest BCUT2D eigenvalue weighted by Gasteiger charge is 2.03. The first-order chi connectivity index (χ1) is 9.69. The first kappa shape index (κ1) is 14.6. The standard InChI is InChI=1S/C16H13Cl2NO/c1-2-7-20-16-6-4-3-5-12(16)11-19-15-9-13(17)8-14(18)10-15/h1,3-6,8-10,19H,7,11H2. The van der Waals surface area contributed by atoms with Gasteiger partial charge in [0, 0.05) is 27.8 Å². The average Bonchev–Trinajstić information content (AvgIpc) is 2.43. The lowest BCUT2D eigenvalue weighted by molar-refractivity contribution is 0.366. The molecule has 0 saturated heterocycles. The molecule has 0 aliphatic heterocycles. The molecule has 2 rings (SSSR count). The van der Waals surface area contributed by atoms with Gasteiger partial charge in [-0.15, -0.1) is 6.42 Å². The van der Waals surface area contributed by atoms with Crippen LogP contribution < -0.4 is 10.1 Å². The molecular formula is C16H13Cl2NO. The first-order valence-corrected chi connectivity index (χ1v) is 6.79. The monoisotopic (exact) mass is 305 g/mol. The van der Waals surface area contributed by atoms with Crippen LogP contribution in [0.5, 0.6) is 5.75 Å². The number of hydrogen-bond donors (Lipinski definition) is 1. The van der Waals surface area contributed by atoms with Crippen LogP contribution in [0.3, 0.4) is 0 Å². The van der Waals surface area contributed by atoms with Crippen molar-refractivity contribution in [3.63, 3.8) is 0 Å². The van der Waals surface area contributed by atoms with Gasteiger partial charge in [0.1, 0.15) is 12.4 Å². The Balaban J connectivity index is 2.08. The molecule has 102 valence electrons. The van der Waals surface area contributed by atoms with E-state index in [9.17, 15) is 0 Å². The smallest absolute Gasteiger partial charge is 0.148 e. The predicted octanol–water partition coefficient (Wildman–Crippen LogP) is 4.62. The van der Waals surface area contributed by atoms with Crippen molar-refractivity contribution in [3.8, 4) is 18.1 Å². The van der Waals surface area contributed by atoms with Crippen LogP contribution in [0, 0.1) is 12.3 Å². The van der Waals surface area contributed by atoms with Gasteiger partial charge in [0.25, 0.3) is 0 Å². The fraction of sp³-hybridized carbons (Fsp3) is 0.125. The van der Waals surface area contributed by atoms with Crippen LogP contribution in [-0.2, 0) is 6.54 Å². The molecule has 2 aromatic rings. The van der Waals surface area contributed by atoms with Crippen LogP contribution in [0.25, 0.3) is 0 Å². The SMILES string of the molecule is C#CCOc1ccccc1CNc1cc(Cl)cc(Cl)c1. The molecule has 0 aliphatic carbocycles. The molecule has 20 heavy (non-hydrogen) atoms. The van der Waals surface area contributed by atoms with Crippen LogP contribution in [0.15, 0.2) is 42.5 Å². The highest BCUT2D eigenvalue weighted by molar-refractivity contribution is 6.35. The van der Waals surface area contributed by atoms with E-state index in [-0.39, 0.29) is 6.61 Å². The van der Waals surface area contributed by atoms with Crippen LogP contribution in [0.4, 0.5) is 5.69 Å². The normalized spacial score (nSPS) is 9.85. The molecule has 0 amide bonds. The lowest BCUT2D eigenvalue weighted by Gasteiger charge is -2.12. The number of halogens is 2. The number of terminal acetylenes is 1. The highest BCUT2D eigenvalue weighted by atomic mass is 35.5. The molecule has 0 spiro atoms. The van der Waals surface area contributed by atoms with E-state index >= 15 is 0 Å². The number of anilines is 1. The Morgan fingerprint density at radius 2 is 1.80 bits per heavy atom. The van der Waals surface area contributed by atoms with Gasteiger partial charge >= 0.3 is 0 Å². The van der Waals surface area contributed by atoms with Crippen molar-refractivity contribution in [2.24, 2.45) is 0 Å². The molecule has 4 heteroatoms. The van der Waals surface area contributed by atoms with Gasteiger partial charge in [-0.2, -0.15) is 0 Å². The number of nitrogens with one attached hydrogen (secondary N) is 1. The highest BCUT2D eigenvalue weighted by Crippen LogP contribution is 2.24. The van der Waals surface area contributed by atoms with E-state index in [0.29, 0.717) is 16.6 Å². The van der Waals surface area contributed by atoms with Gasteiger partial charge in [-0.25, -0.2) is 0 Å². The molecule has 0 aliphatic rings. The van der Waals surface area contributed by atoms with Crippen molar-refractivity contribution in [3.05, 3.63) is 58.1 Å². The van der Waals surface area contributed by atoms with E-state index in [2.05, 4.69) is 11.2 Å². The minimum atomic E-state index is 0.250. The van der Waals surface area contributed by atoms with Gasteiger partial charge in [0.05, 0.1) is 0 Å². The fourth-order valence-corrected chi connectivity index (χ4v) is 2.29. The molecule has 0 unspecified atom stereocenters. The second-order valence-corrected chi connectivity index (χ2v) is 4.99. The summed E-state index contributed by atoms with van der Waals surface area (Å²) in [5.41, 5.74) is 1.87. The summed E-state index contributed by atoms with van der Waals surface area (Å²) in [6, 6.07) is 13.1. The Hall–Kier alpha value is -1.82. The van der Waals surface area contributed by atoms with Crippen LogP contribution >= 0.6 is 23.2 Å². The summed E-state index contributed by atoms with van der Waals surface area (Å²) in [5, 5.41) is 4.45. The number of ether oxygens (including phenoxy) is 1. The summed E-state index contributed by atoms with van der Waals surface area (Å²) < 4.78 is 5.49. The number of benzene rings is 2. The van der Waals surface area contributed by atoms with Gasteiger partial charge < -0.3 is 10.1 Å². The Morgan fingerprint density at radius 3 is 2.50 bits per heavy atom. The van der Waals surface area contributed by atoms with Crippen LogP contribution in [0.1, 0.15) is 5.56 Å². The number of para-hydroxylation sites is 1. The Kier molecular flexibility index (Phi) is 5.17. The van der Waals surface area contributed by atoms with E-state index in [1.54, 1.807) is 6.07 Å². The van der Waals surface area contributed by atoms with Crippen molar-refractivity contribution in [1.29, 1.82) is 0 Å². The largest absolute Gasteiger partial charge is 0.481 e. The summed E-state index contributed by atoms with van der Waals surface area (Å²) in [6.07, 6.45) is 5.20. The fourth-order valence-electron chi connectivity index (χ4n) is 1.76. The lowest BCUT2D eigenvalue weighted by atomic mass is 10.2. The van der Waals surface area contributed by atoms with Crippen molar-refractivity contribution < 1.29 is 4.74 Å². The minimum Gasteiger partial charge on any atom is -0.481 e. The Morgan fingerprint density at radius 1 is 1.10 bits per heavy atom. The molecule has 0 saturated carbocycles. The molecule has 1 N–H and O–H groups in total. The van der Waals surface area contributed by atoms with E-state index in [0.717, 1.165) is 17.0 Å². The van der Waals surface area contributed by atoms with Crippen molar-refractivity contribution in [2.45, 2.75) is 6.54 Å². The third kappa shape index (κ3) is 4.09. The van der Waals surface area contributed by atoms with Crippen LogP contribution in [0.2, 0.25) is 10.0 Å². The second-order valence-electron chi connectivity index (χ2n) is 4.11. The van der Waals surface area contributed by atoms with Crippen LogP contribution in [-0.4, -0.2) is 6.61 Å². The summed E-state index contributed by atoms with van der Waals surface area (Å²) >= 11 is 11.9. The predicted molar refractivity (Wildman–Crippen MR) is 84.6 cm³/mol. The Labute approximate surface area is 128 Å².